The zero-order valence-electron chi connectivity index (χ0n) is 23.5. The molecular formula is C35H47NP2. The van der Waals surface area contributed by atoms with Crippen LogP contribution in [0.15, 0.2) is 84.9 Å². The van der Waals surface area contributed by atoms with Crippen LogP contribution in [0.2, 0.25) is 0 Å². The Balaban J connectivity index is 1.52. The standard InChI is InChI=1S/C35H47NP2/c1-2-3-28-36(38(33-23-12-6-13-24-33)34-25-14-7-15-26-34)29-30-18-16-17-27-35(30)37(31-19-8-4-9-20-31)32-21-10-5-11-22-32/h4-5,8-11,16-22,27,33-34H,2-3,6-7,12-15,23-26,28-29H2,1H3. The molecule has 38 heavy (non-hydrogen) atoms. The van der Waals surface area contributed by atoms with E-state index in [0.29, 0.717) is 0 Å². The molecule has 2 fully saturated rings. The van der Waals surface area contributed by atoms with Gasteiger partial charge in [-0.1, -0.05) is 137 Å². The highest BCUT2D eigenvalue weighted by Gasteiger charge is 2.35. The smallest absolute Gasteiger partial charge is 0.0279 e. The van der Waals surface area contributed by atoms with Crippen molar-refractivity contribution in [2.75, 3.05) is 6.54 Å². The molecular weight excluding hydrogens is 496 g/mol. The van der Waals surface area contributed by atoms with Crippen molar-refractivity contribution in [3.8, 4) is 0 Å². The van der Waals surface area contributed by atoms with Gasteiger partial charge in [-0.25, -0.2) is 0 Å². The van der Waals surface area contributed by atoms with Gasteiger partial charge in [0.1, 0.15) is 0 Å². The number of hydrogen-bond acceptors (Lipinski definition) is 1. The molecule has 202 valence electrons. The summed E-state index contributed by atoms with van der Waals surface area (Å²) in [6.07, 6.45) is 17.3. The number of unbranched alkanes of at least 4 members (excludes halogenated alkanes) is 1. The Morgan fingerprint density at radius 3 is 1.66 bits per heavy atom. The molecule has 0 saturated heterocycles. The molecule has 0 bridgehead atoms. The Kier molecular flexibility index (Phi) is 10.9. The molecule has 0 amide bonds. The third-order valence-corrected chi connectivity index (χ3v) is 14.7. The Morgan fingerprint density at radius 1 is 0.632 bits per heavy atom. The summed E-state index contributed by atoms with van der Waals surface area (Å²) in [6.45, 7) is 4.78. The first kappa shape index (κ1) is 28.0. The molecule has 0 unspecified atom stereocenters. The highest BCUT2D eigenvalue weighted by molar-refractivity contribution is 7.79. The van der Waals surface area contributed by atoms with Crippen molar-refractivity contribution in [3.63, 3.8) is 0 Å². The molecule has 2 aliphatic rings. The zero-order valence-corrected chi connectivity index (χ0v) is 25.3. The molecule has 3 heteroatoms. The maximum Gasteiger partial charge on any atom is 0.0279 e. The van der Waals surface area contributed by atoms with Crippen molar-refractivity contribution in [1.82, 2.24) is 4.67 Å². The van der Waals surface area contributed by atoms with Crippen LogP contribution in [0.5, 0.6) is 0 Å². The highest BCUT2D eigenvalue weighted by Crippen LogP contribution is 2.58. The average Bonchev–Trinajstić information content (AvgIpc) is 2.99. The van der Waals surface area contributed by atoms with Crippen LogP contribution in [0.3, 0.4) is 0 Å². The maximum atomic E-state index is 3.06. The van der Waals surface area contributed by atoms with Gasteiger partial charge in [0.15, 0.2) is 0 Å². The lowest BCUT2D eigenvalue weighted by molar-refractivity contribution is 0.398. The van der Waals surface area contributed by atoms with Crippen molar-refractivity contribution in [1.29, 1.82) is 0 Å². The predicted molar refractivity (Wildman–Crippen MR) is 171 cm³/mol. The lowest BCUT2D eigenvalue weighted by Gasteiger charge is -2.45. The molecule has 1 nitrogen and oxygen atoms in total. The van der Waals surface area contributed by atoms with E-state index in [1.165, 1.54) is 94.2 Å². The Hall–Kier alpha value is -1.52. The van der Waals surface area contributed by atoms with Crippen LogP contribution in [0.1, 0.15) is 89.5 Å². The molecule has 2 aliphatic carbocycles. The molecule has 3 aromatic rings. The summed E-state index contributed by atoms with van der Waals surface area (Å²) in [5, 5.41) is 4.48. The molecule has 0 heterocycles. The average molecular weight is 544 g/mol. The fraction of sp³-hybridized carbons (Fsp3) is 0.486. The SMILES string of the molecule is CCCCN(Cc1ccccc1P(c1ccccc1)c1ccccc1)P(C1CCCCC1)C1CCCCC1. The molecule has 3 aromatic carbocycles. The number of rotatable bonds is 11. The number of hydrogen-bond donors (Lipinski definition) is 0. The molecule has 0 spiro atoms. The topological polar surface area (TPSA) is 3.24 Å². The lowest BCUT2D eigenvalue weighted by Crippen LogP contribution is -2.34. The summed E-state index contributed by atoms with van der Waals surface area (Å²) in [6, 6.07) is 32.1. The summed E-state index contributed by atoms with van der Waals surface area (Å²) in [5.74, 6) is 0. The quantitative estimate of drug-likeness (QED) is 0.218. The fourth-order valence-corrected chi connectivity index (χ4v) is 13.2. The second kappa shape index (κ2) is 14.7. The van der Waals surface area contributed by atoms with E-state index in [4.69, 9.17) is 0 Å². The van der Waals surface area contributed by atoms with Gasteiger partial charge >= 0.3 is 0 Å². The Bertz CT molecular complexity index is 1020. The van der Waals surface area contributed by atoms with Gasteiger partial charge in [0.25, 0.3) is 0 Å². The maximum absolute atomic E-state index is 3.06. The van der Waals surface area contributed by atoms with E-state index in [-0.39, 0.29) is 8.07 Å². The van der Waals surface area contributed by atoms with Gasteiger partial charge < -0.3 is 0 Å². The van der Waals surface area contributed by atoms with E-state index in [1.807, 2.05) is 0 Å². The summed E-state index contributed by atoms with van der Waals surface area (Å²) in [7, 11) is -0.673. The van der Waals surface area contributed by atoms with Gasteiger partial charge in [0.2, 0.25) is 0 Å². The van der Waals surface area contributed by atoms with Crippen LogP contribution in [-0.4, -0.2) is 22.5 Å². The van der Waals surface area contributed by atoms with Crippen LogP contribution in [0.25, 0.3) is 0 Å². The third kappa shape index (κ3) is 7.16. The van der Waals surface area contributed by atoms with Gasteiger partial charge in [-0.2, -0.15) is 0 Å². The number of benzene rings is 3. The minimum Gasteiger partial charge on any atom is -0.277 e. The number of nitrogens with zero attached hydrogens (tertiary/aromatic N) is 1. The zero-order chi connectivity index (χ0) is 26.0. The van der Waals surface area contributed by atoms with Crippen molar-refractivity contribution < 1.29 is 0 Å². The normalized spacial score (nSPS) is 17.5. The van der Waals surface area contributed by atoms with Gasteiger partial charge in [-0.15, -0.1) is 0 Å². The monoisotopic (exact) mass is 543 g/mol. The van der Waals surface area contributed by atoms with Gasteiger partial charge in [0.05, 0.1) is 0 Å². The summed E-state index contributed by atoms with van der Waals surface area (Å²) in [4.78, 5) is 0. The molecule has 0 atom stereocenters. The van der Waals surface area contributed by atoms with Gasteiger partial charge in [-0.05, 0) is 80.9 Å². The predicted octanol–water partition coefficient (Wildman–Crippen LogP) is 9.11. The van der Waals surface area contributed by atoms with E-state index in [9.17, 15) is 0 Å². The molecule has 2 saturated carbocycles. The van der Waals surface area contributed by atoms with Crippen molar-refractivity contribution in [3.05, 3.63) is 90.5 Å². The van der Waals surface area contributed by atoms with Crippen LogP contribution >= 0.6 is 16.0 Å². The second-order valence-electron chi connectivity index (χ2n) is 11.3. The largest absolute Gasteiger partial charge is 0.277 e. The Labute approximate surface area is 235 Å². The first-order valence-corrected chi connectivity index (χ1v) is 18.1. The van der Waals surface area contributed by atoms with Crippen LogP contribution < -0.4 is 15.9 Å². The molecule has 0 N–H and O–H groups in total. The molecule has 0 aliphatic heterocycles. The van der Waals surface area contributed by atoms with Crippen LogP contribution in [-0.2, 0) is 6.54 Å². The summed E-state index contributed by atoms with van der Waals surface area (Å²) in [5.41, 5.74) is 3.48. The minimum absolute atomic E-state index is 0.0953. The second-order valence-corrected chi connectivity index (χ2v) is 16.3. The van der Waals surface area contributed by atoms with E-state index in [2.05, 4.69) is 96.5 Å². The first-order valence-electron chi connectivity index (χ1n) is 15.4. The van der Waals surface area contributed by atoms with Gasteiger partial charge in [0, 0.05) is 13.1 Å². The van der Waals surface area contributed by atoms with Crippen LogP contribution in [0, 0.1) is 0 Å². The van der Waals surface area contributed by atoms with E-state index >= 15 is 0 Å². The summed E-state index contributed by atoms with van der Waals surface area (Å²) >= 11 is 0. The fourth-order valence-electron chi connectivity index (χ4n) is 6.71. The third-order valence-electron chi connectivity index (χ3n) is 8.61. The highest BCUT2D eigenvalue weighted by atomic mass is 31.1. The van der Waals surface area contributed by atoms with Crippen molar-refractivity contribution in [2.45, 2.75) is 102 Å². The molecule has 0 radical (unpaired) electrons. The van der Waals surface area contributed by atoms with Crippen molar-refractivity contribution in [2.24, 2.45) is 0 Å². The first-order chi connectivity index (χ1) is 18.8. The minimum atomic E-state index is -0.578. The molecule has 5 rings (SSSR count). The van der Waals surface area contributed by atoms with Gasteiger partial charge in [-0.3, -0.25) is 4.67 Å². The van der Waals surface area contributed by atoms with Crippen LogP contribution in [0.4, 0.5) is 0 Å². The molecule has 0 aromatic heterocycles. The summed E-state index contributed by atoms with van der Waals surface area (Å²) < 4.78 is 3.06. The van der Waals surface area contributed by atoms with Crippen molar-refractivity contribution >= 4 is 31.9 Å². The lowest BCUT2D eigenvalue weighted by atomic mass is 10.00. The van der Waals surface area contributed by atoms with E-state index < -0.39 is 7.92 Å². The van der Waals surface area contributed by atoms with E-state index in [1.54, 1.807) is 10.9 Å². The van der Waals surface area contributed by atoms with E-state index in [0.717, 1.165) is 17.9 Å². The Morgan fingerprint density at radius 2 is 1.13 bits per heavy atom.